The fourth-order valence-corrected chi connectivity index (χ4v) is 2.49. The van der Waals surface area contributed by atoms with Crippen molar-refractivity contribution in [1.29, 1.82) is 0 Å². The molecule has 0 bridgehead atoms. The predicted molar refractivity (Wildman–Crippen MR) is 70.3 cm³/mol. The molecule has 1 nitrogen and oxygen atoms in total. The van der Waals surface area contributed by atoms with Gasteiger partial charge in [0.15, 0.2) is 6.67 Å². The molecule has 0 amide bonds. The van der Waals surface area contributed by atoms with Crippen LogP contribution in [0.1, 0.15) is 5.56 Å². The van der Waals surface area contributed by atoms with Gasteiger partial charge in [-0.25, -0.2) is 4.39 Å². The zero-order chi connectivity index (χ0) is 24.2. The molecule has 0 aliphatic carbocycles. The molecule has 0 saturated carbocycles. The highest BCUT2D eigenvalue weighted by Crippen LogP contribution is 2.62. The fourth-order valence-electron chi connectivity index (χ4n) is 1.74. The smallest absolute Gasteiger partial charge is 0.427 e. The van der Waals surface area contributed by atoms with Crippen molar-refractivity contribution < 1.29 is 70.6 Å². The first-order valence-electron chi connectivity index (χ1n) is 6.97. The van der Waals surface area contributed by atoms with E-state index in [1.165, 1.54) is 0 Å². The molecule has 1 aromatic rings. The van der Waals surface area contributed by atoms with Crippen LogP contribution in [-0.2, 0) is 0 Å². The molecule has 0 unspecified atom stereocenters. The van der Waals surface area contributed by atoms with Crippen LogP contribution in [0.15, 0.2) is 10.8 Å². The number of hydrogen-bond acceptors (Lipinski definition) is 2. The molecule has 0 radical (unpaired) electrons. The molecule has 0 spiro atoms. The van der Waals surface area contributed by atoms with Crippen LogP contribution in [0.5, 0.6) is 5.75 Å². The first kappa shape index (κ1) is 26.5. The molecule has 1 rings (SSSR count). The van der Waals surface area contributed by atoms with Crippen molar-refractivity contribution in [3.8, 4) is 5.75 Å². The molecule has 1 heterocycles. The Morgan fingerprint density at radius 2 is 1.07 bits per heavy atom. The van der Waals surface area contributed by atoms with E-state index in [0.29, 0.717) is 16.7 Å². The topological polar surface area (TPSA) is 9.23 Å². The van der Waals surface area contributed by atoms with E-state index in [1.54, 1.807) is 0 Å². The zero-order valence-corrected chi connectivity index (χ0v) is 14.7. The lowest BCUT2D eigenvalue weighted by atomic mass is 9.91. The van der Waals surface area contributed by atoms with Gasteiger partial charge in [0.2, 0.25) is 0 Å². The van der Waals surface area contributed by atoms with Crippen molar-refractivity contribution in [2.75, 3.05) is 6.67 Å². The molecule has 0 aliphatic rings. The summed E-state index contributed by atoms with van der Waals surface area (Å²) in [5, 5.41) is 1.41. The van der Waals surface area contributed by atoms with E-state index in [2.05, 4.69) is 4.74 Å². The lowest BCUT2D eigenvalue weighted by molar-refractivity contribution is -0.457. The molecule has 17 heteroatoms. The number of hydrogen-bond donors (Lipinski definition) is 0. The molecule has 0 N–H and O–H groups in total. The van der Waals surface area contributed by atoms with E-state index < -0.39 is 59.6 Å². The summed E-state index contributed by atoms with van der Waals surface area (Å²) in [6.07, 6.45) is -6.72. The van der Waals surface area contributed by atoms with E-state index in [4.69, 9.17) is 0 Å². The zero-order valence-electron chi connectivity index (χ0n) is 13.8. The first-order valence-corrected chi connectivity index (χ1v) is 7.92. The van der Waals surface area contributed by atoms with Gasteiger partial charge in [0, 0.05) is 10.9 Å². The predicted octanol–water partition coefficient (Wildman–Crippen LogP) is 6.81. The van der Waals surface area contributed by atoms with Gasteiger partial charge >= 0.3 is 41.6 Å². The van der Waals surface area contributed by atoms with Crippen LogP contribution in [0.2, 0.25) is 0 Å². The SMILES string of the molecule is Cc1cscc1OC(F)(F)C(F)(F)C(F)(F)C(F)(F)C(F)(F)C(F)(F)C(F)(F)CF. The number of thiophene rings is 1. The quantitative estimate of drug-likeness (QED) is 0.342. The highest BCUT2D eigenvalue weighted by atomic mass is 32.1. The van der Waals surface area contributed by atoms with Gasteiger partial charge in [0.1, 0.15) is 5.75 Å². The molecule has 0 fully saturated rings. The Morgan fingerprint density at radius 1 is 0.667 bits per heavy atom. The minimum Gasteiger partial charge on any atom is -0.427 e. The van der Waals surface area contributed by atoms with Crippen molar-refractivity contribution in [1.82, 2.24) is 0 Å². The standard InChI is InChI=1S/C13H7F15OS/c1-5-2-30-3-6(5)29-13(27,28)12(25,26)11(23,24)10(21,22)9(19,20)8(17,18)7(15,16)4-14/h2-3H,4H2,1H3. The Bertz CT molecular complexity index is 753. The average Bonchev–Trinajstić information content (AvgIpc) is 2.97. The molecular formula is C13H7F15OS. The second kappa shape index (κ2) is 7.25. The Labute approximate surface area is 160 Å². The van der Waals surface area contributed by atoms with Gasteiger partial charge in [-0.1, -0.05) is 0 Å². The monoisotopic (exact) mass is 496 g/mol. The van der Waals surface area contributed by atoms with E-state index in [-0.39, 0.29) is 0 Å². The highest BCUT2D eigenvalue weighted by Gasteiger charge is 2.93. The van der Waals surface area contributed by atoms with Crippen LogP contribution in [0, 0.1) is 6.92 Å². The van der Waals surface area contributed by atoms with Gasteiger partial charge in [-0.15, -0.1) is 11.3 Å². The maximum absolute atomic E-state index is 13.6. The van der Waals surface area contributed by atoms with Crippen molar-refractivity contribution in [3.05, 3.63) is 16.3 Å². The van der Waals surface area contributed by atoms with Crippen LogP contribution in [0.25, 0.3) is 0 Å². The third-order valence-corrected chi connectivity index (χ3v) is 4.46. The van der Waals surface area contributed by atoms with Gasteiger partial charge in [0.25, 0.3) is 0 Å². The van der Waals surface area contributed by atoms with Crippen LogP contribution in [0.4, 0.5) is 65.9 Å². The van der Waals surface area contributed by atoms with Crippen molar-refractivity contribution >= 4 is 11.3 Å². The summed E-state index contributed by atoms with van der Waals surface area (Å²) in [6.45, 7) is -2.91. The first-order chi connectivity index (χ1) is 13.0. The fraction of sp³-hybridized carbons (Fsp3) is 0.692. The maximum atomic E-state index is 13.6. The number of aryl methyl sites for hydroxylation is 1. The summed E-state index contributed by atoms with van der Waals surface area (Å²) in [5.41, 5.74) is -0.426. The average molecular weight is 496 g/mol. The van der Waals surface area contributed by atoms with Crippen LogP contribution in [0.3, 0.4) is 0 Å². The molecule has 176 valence electrons. The van der Waals surface area contributed by atoms with E-state index >= 15 is 0 Å². The summed E-state index contributed by atoms with van der Waals surface area (Å²) in [4.78, 5) is 0. The Hall–Kier alpha value is -1.55. The van der Waals surface area contributed by atoms with Crippen LogP contribution >= 0.6 is 11.3 Å². The number of ether oxygens (including phenoxy) is 1. The second-order valence-electron chi connectivity index (χ2n) is 5.75. The maximum Gasteiger partial charge on any atom is 0.471 e. The molecule has 0 aliphatic heterocycles. The largest absolute Gasteiger partial charge is 0.471 e. The lowest BCUT2D eigenvalue weighted by Crippen LogP contribution is -2.73. The summed E-state index contributed by atoms with van der Waals surface area (Å²) in [6, 6.07) is 0. The molecular weight excluding hydrogens is 489 g/mol. The minimum absolute atomic E-state index is 0.426. The summed E-state index contributed by atoms with van der Waals surface area (Å²) in [5.74, 6) is -47.9. The molecule has 0 saturated heterocycles. The van der Waals surface area contributed by atoms with E-state index in [1.807, 2.05) is 0 Å². The molecule has 0 aromatic carbocycles. The highest BCUT2D eigenvalue weighted by molar-refractivity contribution is 7.08. The minimum atomic E-state index is -8.25. The van der Waals surface area contributed by atoms with Gasteiger partial charge in [-0.2, -0.15) is 61.5 Å². The summed E-state index contributed by atoms with van der Waals surface area (Å²) < 4.78 is 201. The van der Waals surface area contributed by atoms with Crippen LogP contribution < -0.4 is 4.74 Å². The Balaban J connectivity index is 3.52. The Morgan fingerprint density at radius 3 is 1.43 bits per heavy atom. The van der Waals surface area contributed by atoms with E-state index in [0.717, 1.165) is 12.3 Å². The number of halogens is 15. The van der Waals surface area contributed by atoms with Gasteiger partial charge in [-0.3, -0.25) is 0 Å². The van der Waals surface area contributed by atoms with Crippen molar-refractivity contribution in [2.24, 2.45) is 0 Å². The summed E-state index contributed by atoms with van der Waals surface area (Å²) >= 11 is 0.467. The van der Waals surface area contributed by atoms with E-state index in [9.17, 15) is 65.9 Å². The van der Waals surface area contributed by atoms with Gasteiger partial charge in [-0.05, 0) is 12.3 Å². The number of alkyl halides is 15. The molecule has 1 aromatic heterocycles. The van der Waals surface area contributed by atoms with Gasteiger partial charge < -0.3 is 4.74 Å². The molecule has 30 heavy (non-hydrogen) atoms. The van der Waals surface area contributed by atoms with Gasteiger partial charge in [0.05, 0.1) is 0 Å². The third-order valence-electron chi connectivity index (χ3n) is 3.62. The van der Waals surface area contributed by atoms with Crippen molar-refractivity contribution in [2.45, 2.75) is 48.6 Å². The number of rotatable bonds is 9. The third kappa shape index (κ3) is 3.45. The summed E-state index contributed by atoms with van der Waals surface area (Å²) in [7, 11) is 0. The molecule has 0 atom stereocenters. The Kier molecular flexibility index (Phi) is 6.40. The lowest BCUT2D eigenvalue weighted by Gasteiger charge is -2.41. The van der Waals surface area contributed by atoms with Crippen molar-refractivity contribution in [3.63, 3.8) is 0 Å². The van der Waals surface area contributed by atoms with Crippen LogP contribution in [-0.4, -0.2) is 48.3 Å². The normalized spacial score (nSPS) is 15.5. The second-order valence-corrected chi connectivity index (χ2v) is 6.49.